The van der Waals surface area contributed by atoms with Gasteiger partial charge >= 0.3 is 0 Å². The van der Waals surface area contributed by atoms with Gasteiger partial charge in [0, 0.05) is 35.5 Å². The Morgan fingerprint density at radius 2 is 1.30 bits per heavy atom. The molecule has 1 saturated heterocycles. The van der Waals surface area contributed by atoms with Crippen LogP contribution in [0.1, 0.15) is 36.8 Å². The third-order valence-corrected chi connectivity index (χ3v) is 5.93. The van der Waals surface area contributed by atoms with Gasteiger partial charge in [-0.3, -0.25) is 4.79 Å². The van der Waals surface area contributed by atoms with E-state index in [4.69, 9.17) is 20.0 Å². The number of carbonyl (C=O) groups excluding carboxylic acids is 1. The Morgan fingerprint density at radius 1 is 0.818 bits per heavy atom. The minimum atomic E-state index is 0.0643. The van der Waals surface area contributed by atoms with E-state index in [-0.39, 0.29) is 5.78 Å². The van der Waals surface area contributed by atoms with E-state index >= 15 is 0 Å². The van der Waals surface area contributed by atoms with Crippen molar-refractivity contribution >= 4 is 29.7 Å². The molecule has 5 nitrogen and oxygen atoms in total. The highest BCUT2D eigenvalue weighted by atomic mass is 32.2. The van der Waals surface area contributed by atoms with Crippen LogP contribution in [-0.4, -0.2) is 30.5 Å². The number of hydrogen-bond acceptors (Lipinski definition) is 6. The highest BCUT2D eigenvalue weighted by Crippen LogP contribution is 2.28. The number of hydrogen-bond donors (Lipinski definition) is 0. The van der Waals surface area contributed by atoms with Crippen LogP contribution in [0, 0.1) is 22.7 Å². The molecule has 2 aromatic carbocycles. The van der Waals surface area contributed by atoms with Crippen molar-refractivity contribution in [1.29, 1.82) is 10.5 Å². The predicted molar refractivity (Wildman–Crippen MR) is 132 cm³/mol. The molecule has 0 saturated carbocycles. The molecule has 0 amide bonds. The van der Waals surface area contributed by atoms with Gasteiger partial charge in [-0.1, -0.05) is 24.3 Å². The van der Waals surface area contributed by atoms with E-state index in [1.807, 2.05) is 60.7 Å². The number of rotatable bonds is 10. The number of nitrogens with zero attached hydrogens (tertiary/aromatic N) is 2. The molecule has 1 aliphatic heterocycles. The van der Waals surface area contributed by atoms with E-state index in [9.17, 15) is 4.79 Å². The third kappa shape index (κ3) is 7.86. The second-order valence-electron chi connectivity index (χ2n) is 7.53. The Morgan fingerprint density at radius 3 is 1.76 bits per heavy atom. The highest BCUT2D eigenvalue weighted by Gasteiger charge is 2.21. The average Bonchev–Trinajstić information content (AvgIpc) is 2.83. The standard InChI is InChI=1S/C27H26N2O3S/c28-11-1-3-13-31-25-9-5-7-21(17-25)15-23-19-33-20-24(27(23)30)16-22-8-6-10-26(18-22)32-14-4-2-12-29/h5-10,15-18H,1-4,13-14,19-20H2/b23-15-,24-16+. The number of benzene rings is 2. The van der Waals surface area contributed by atoms with E-state index in [0.29, 0.717) is 50.4 Å². The van der Waals surface area contributed by atoms with Crippen molar-refractivity contribution in [2.45, 2.75) is 25.7 Å². The number of ether oxygens (including phenoxy) is 2. The van der Waals surface area contributed by atoms with Crippen molar-refractivity contribution in [3.8, 4) is 23.6 Å². The Hall–Kier alpha value is -3.48. The van der Waals surface area contributed by atoms with Crippen LogP contribution < -0.4 is 9.47 Å². The smallest absolute Gasteiger partial charge is 0.186 e. The summed E-state index contributed by atoms with van der Waals surface area (Å²) in [4.78, 5) is 13.1. The molecule has 0 aliphatic carbocycles. The molecule has 1 fully saturated rings. The van der Waals surface area contributed by atoms with E-state index < -0.39 is 0 Å². The molecule has 0 aromatic heterocycles. The molecule has 168 valence electrons. The van der Waals surface area contributed by atoms with E-state index in [1.54, 1.807) is 11.8 Å². The monoisotopic (exact) mass is 458 g/mol. The summed E-state index contributed by atoms with van der Waals surface area (Å²) in [5.41, 5.74) is 3.38. The zero-order chi connectivity index (χ0) is 23.3. The molecular weight excluding hydrogens is 432 g/mol. The molecule has 0 radical (unpaired) electrons. The Kier molecular flexibility index (Phi) is 9.63. The highest BCUT2D eigenvalue weighted by molar-refractivity contribution is 7.99. The Balaban J connectivity index is 1.69. The zero-order valence-corrected chi connectivity index (χ0v) is 19.3. The lowest BCUT2D eigenvalue weighted by atomic mass is 10.0. The van der Waals surface area contributed by atoms with Gasteiger partial charge in [-0.2, -0.15) is 22.3 Å². The van der Waals surface area contributed by atoms with Crippen LogP contribution in [0.15, 0.2) is 59.7 Å². The topological polar surface area (TPSA) is 83.1 Å². The van der Waals surface area contributed by atoms with Gasteiger partial charge in [-0.15, -0.1) is 0 Å². The molecule has 6 heteroatoms. The Labute approximate surface area is 199 Å². The van der Waals surface area contributed by atoms with Crippen LogP contribution in [0.2, 0.25) is 0 Å². The molecule has 1 heterocycles. The molecule has 33 heavy (non-hydrogen) atoms. The van der Waals surface area contributed by atoms with Crippen LogP contribution in [0.5, 0.6) is 11.5 Å². The summed E-state index contributed by atoms with van der Waals surface area (Å²) in [5.74, 6) is 2.88. The fourth-order valence-electron chi connectivity index (χ4n) is 3.30. The first-order valence-corrected chi connectivity index (χ1v) is 12.1. The van der Waals surface area contributed by atoms with Gasteiger partial charge in [-0.25, -0.2) is 0 Å². The lowest BCUT2D eigenvalue weighted by molar-refractivity contribution is -0.112. The lowest BCUT2D eigenvalue weighted by Crippen LogP contribution is -2.16. The summed E-state index contributed by atoms with van der Waals surface area (Å²) >= 11 is 1.72. The van der Waals surface area contributed by atoms with Gasteiger partial charge in [0.05, 0.1) is 25.4 Å². The van der Waals surface area contributed by atoms with Gasteiger partial charge in [0.25, 0.3) is 0 Å². The van der Waals surface area contributed by atoms with Crippen LogP contribution in [0.3, 0.4) is 0 Å². The molecular formula is C27H26N2O3S. The number of ketones is 1. The number of thioether (sulfide) groups is 1. The fraction of sp³-hybridized carbons (Fsp3) is 0.296. The van der Waals surface area contributed by atoms with Crippen LogP contribution >= 0.6 is 11.8 Å². The van der Waals surface area contributed by atoms with Crippen molar-refractivity contribution < 1.29 is 14.3 Å². The molecule has 0 atom stereocenters. The molecule has 3 rings (SSSR count). The van der Waals surface area contributed by atoms with Crippen molar-refractivity contribution in [1.82, 2.24) is 0 Å². The molecule has 0 spiro atoms. The Bertz CT molecular complexity index is 1020. The van der Waals surface area contributed by atoms with Gasteiger partial charge in [0.1, 0.15) is 11.5 Å². The number of carbonyl (C=O) groups is 1. The van der Waals surface area contributed by atoms with Gasteiger partial charge in [-0.05, 0) is 60.4 Å². The zero-order valence-electron chi connectivity index (χ0n) is 18.5. The summed E-state index contributed by atoms with van der Waals surface area (Å²) in [7, 11) is 0. The maximum atomic E-state index is 13.1. The first-order chi connectivity index (χ1) is 16.2. The normalized spacial score (nSPS) is 15.8. The number of nitriles is 2. The van der Waals surface area contributed by atoms with Gasteiger partial charge < -0.3 is 9.47 Å². The molecule has 1 aliphatic rings. The minimum absolute atomic E-state index is 0.0643. The SMILES string of the molecule is N#CCCCOc1cccc(/C=C2\CSC/C(=C/c3cccc(OCCCC#N)c3)C2=O)c1. The van der Waals surface area contributed by atoms with Crippen LogP contribution in [0.25, 0.3) is 12.2 Å². The number of unbranched alkanes of at least 4 members (excludes halogenated alkanes) is 2. The summed E-state index contributed by atoms with van der Waals surface area (Å²) < 4.78 is 11.4. The van der Waals surface area contributed by atoms with E-state index in [1.165, 1.54) is 0 Å². The predicted octanol–water partition coefficient (Wildman–Crippen LogP) is 5.83. The maximum Gasteiger partial charge on any atom is 0.186 e. The second-order valence-corrected chi connectivity index (χ2v) is 8.51. The van der Waals surface area contributed by atoms with Crippen molar-refractivity contribution in [2.24, 2.45) is 0 Å². The summed E-state index contributed by atoms with van der Waals surface area (Å²) in [6.07, 6.45) is 6.19. The van der Waals surface area contributed by atoms with Crippen LogP contribution in [0.4, 0.5) is 0 Å². The fourth-order valence-corrected chi connectivity index (χ4v) is 4.27. The lowest BCUT2D eigenvalue weighted by Gasteiger charge is -2.16. The van der Waals surface area contributed by atoms with Gasteiger partial charge in [0.2, 0.25) is 0 Å². The summed E-state index contributed by atoms with van der Waals surface area (Å²) in [6, 6.07) is 19.6. The van der Waals surface area contributed by atoms with Crippen LogP contribution in [-0.2, 0) is 4.79 Å². The average molecular weight is 459 g/mol. The number of Topliss-reactive ketones (excluding diaryl/α,β-unsaturated/α-hetero) is 1. The first kappa shape index (κ1) is 24.2. The second kappa shape index (κ2) is 13.2. The quantitative estimate of drug-likeness (QED) is 0.329. The van der Waals surface area contributed by atoms with Crippen molar-refractivity contribution in [2.75, 3.05) is 24.7 Å². The molecule has 0 N–H and O–H groups in total. The third-order valence-electron chi connectivity index (χ3n) is 4.90. The molecule has 0 unspecified atom stereocenters. The summed E-state index contributed by atoms with van der Waals surface area (Å²) in [5, 5.41) is 17.3. The van der Waals surface area contributed by atoms with E-state index in [2.05, 4.69) is 12.1 Å². The molecule has 0 bridgehead atoms. The van der Waals surface area contributed by atoms with Gasteiger partial charge in [0.15, 0.2) is 5.78 Å². The van der Waals surface area contributed by atoms with Crippen molar-refractivity contribution in [3.05, 3.63) is 70.8 Å². The maximum absolute atomic E-state index is 13.1. The molecule has 2 aromatic rings. The van der Waals surface area contributed by atoms with E-state index in [0.717, 1.165) is 33.8 Å². The summed E-state index contributed by atoms with van der Waals surface area (Å²) in [6.45, 7) is 0.993. The van der Waals surface area contributed by atoms with Crippen molar-refractivity contribution in [3.63, 3.8) is 0 Å². The largest absolute Gasteiger partial charge is 0.494 e. The first-order valence-electron chi connectivity index (χ1n) is 10.9. The minimum Gasteiger partial charge on any atom is -0.494 e.